The topological polar surface area (TPSA) is 59.2 Å². The monoisotopic (exact) mass is 347 g/mol. The molecule has 0 unspecified atom stereocenters. The molecule has 110 valence electrons. The minimum atomic E-state index is -0.0311. The smallest absolute Gasteiger partial charge is 0.253 e. The van der Waals surface area contributed by atoms with E-state index in [9.17, 15) is 4.79 Å². The number of halogens is 1. The number of nitrogens with two attached hydrogens (primary N) is 1. The number of hydrogen-bond acceptors (Lipinski definition) is 3. The predicted octanol–water partition coefficient (Wildman–Crippen LogP) is 3.05. The van der Waals surface area contributed by atoms with Crippen molar-refractivity contribution in [1.29, 1.82) is 0 Å². The molecule has 0 aliphatic carbocycles. The summed E-state index contributed by atoms with van der Waals surface area (Å²) in [5, 5.41) is 0. The van der Waals surface area contributed by atoms with Crippen LogP contribution in [0.4, 0.5) is 5.69 Å². The Balaban J connectivity index is 2.09. The second-order valence-electron chi connectivity index (χ2n) is 4.97. The van der Waals surface area contributed by atoms with Crippen LogP contribution in [0.25, 0.3) is 0 Å². The van der Waals surface area contributed by atoms with Crippen LogP contribution in [0.2, 0.25) is 0 Å². The summed E-state index contributed by atoms with van der Waals surface area (Å²) in [5.74, 6) is -0.0311. The first-order valence-corrected chi connectivity index (χ1v) is 7.49. The Kier molecular flexibility index (Phi) is 4.96. The molecule has 2 aromatic rings. The second-order valence-corrected chi connectivity index (χ2v) is 5.88. The Morgan fingerprint density at radius 2 is 2.14 bits per heavy atom. The number of likely N-dealkylation sites (N-methyl/N-ethyl adjacent to an activating group) is 1. The lowest BCUT2D eigenvalue weighted by atomic mass is 10.1. The number of amides is 1. The van der Waals surface area contributed by atoms with E-state index in [0.29, 0.717) is 17.8 Å². The van der Waals surface area contributed by atoms with Crippen LogP contribution in [0.1, 0.15) is 21.6 Å². The van der Waals surface area contributed by atoms with E-state index in [1.54, 1.807) is 24.2 Å². The van der Waals surface area contributed by atoms with Crippen molar-refractivity contribution in [3.8, 4) is 0 Å². The average molecular weight is 348 g/mol. The molecule has 0 bridgehead atoms. The Labute approximate surface area is 133 Å². The first kappa shape index (κ1) is 15.5. The summed E-state index contributed by atoms with van der Waals surface area (Å²) in [7, 11) is 1.79. The van der Waals surface area contributed by atoms with Gasteiger partial charge in [0.15, 0.2) is 0 Å². The van der Waals surface area contributed by atoms with E-state index in [-0.39, 0.29) is 5.91 Å². The number of carbonyl (C=O) groups excluding carboxylic acids is 1. The van der Waals surface area contributed by atoms with Gasteiger partial charge in [-0.15, -0.1) is 0 Å². The Bertz CT molecular complexity index is 643. The van der Waals surface area contributed by atoms with Gasteiger partial charge in [0.1, 0.15) is 0 Å². The molecule has 4 nitrogen and oxygen atoms in total. The Morgan fingerprint density at radius 3 is 2.81 bits per heavy atom. The minimum absolute atomic E-state index is 0.0311. The standard InChI is InChI=1S/C16H18BrN3O/c1-11-14(9-12(17)10-15(11)18)16(21)20(2)8-6-13-5-3-4-7-19-13/h3-5,7,9-10H,6,8,18H2,1-2H3. The highest BCUT2D eigenvalue weighted by molar-refractivity contribution is 9.10. The van der Waals surface area contributed by atoms with Crippen LogP contribution in [0.5, 0.6) is 0 Å². The molecule has 21 heavy (non-hydrogen) atoms. The fourth-order valence-corrected chi connectivity index (χ4v) is 2.53. The number of nitrogens with zero attached hydrogens (tertiary/aromatic N) is 2. The maximum absolute atomic E-state index is 12.5. The van der Waals surface area contributed by atoms with Crippen LogP contribution in [0, 0.1) is 6.92 Å². The van der Waals surface area contributed by atoms with Gasteiger partial charge >= 0.3 is 0 Å². The maximum atomic E-state index is 12.5. The van der Waals surface area contributed by atoms with Gasteiger partial charge in [-0.2, -0.15) is 0 Å². The SMILES string of the molecule is Cc1c(N)cc(Br)cc1C(=O)N(C)CCc1ccccn1. The summed E-state index contributed by atoms with van der Waals surface area (Å²) in [5.41, 5.74) is 8.95. The molecule has 0 fully saturated rings. The molecule has 0 aliphatic rings. The molecular formula is C16H18BrN3O. The van der Waals surface area contributed by atoms with Gasteiger partial charge in [-0.05, 0) is 36.8 Å². The largest absolute Gasteiger partial charge is 0.398 e. The number of hydrogen-bond donors (Lipinski definition) is 1. The van der Waals surface area contributed by atoms with Crippen molar-refractivity contribution in [2.45, 2.75) is 13.3 Å². The summed E-state index contributed by atoms with van der Waals surface area (Å²) in [6, 6.07) is 9.40. The van der Waals surface area contributed by atoms with E-state index >= 15 is 0 Å². The van der Waals surface area contributed by atoms with Gasteiger partial charge < -0.3 is 10.6 Å². The summed E-state index contributed by atoms with van der Waals surface area (Å²) in [6.07, 6.45) is 2.49. The highest BCUT2D eigenvalue weighted by Gasteiger charge is 2.16. The number of aromatic nitrogens is 1. The molecule has 1 aromatic heterocycles. The number of nitrogen functional groups attached to an aromatic ring is 1. The first-order chi connectivity index (χ1) is 9.99. The lowest BCUT2D eigenvalue weighted by Gasteiger charge is -2.19. The Morgan fingerprint density at radius 1 is 1.38 bits per heavy atom. The second kappa shape index (κ2) is 6.72. The van der Waals surface area contributed by atoms with Crippen molar-refractivity contribution in [3.05, 3.63) is 57.8 Å². The van der Waals surface area contributed by atoms with Crippen molar-refractivity contribution in [3.63, 3.8) is 0 Å². The zero-order chi connectivity index (χ0) is 15.4. The first-order valence-electron chi connectivity index (χ1n) is 6.70. The molecular weight excluding hydrogens is 330 g/mol. The third-order valence-corrected chi connectivity index (χ3v) is 3.88. The molecule has 0 spiro atoms. The number of pyridine rings is 1. The average Bonchev–Trinajstić information content (AvgIpc) is 2.48. The highest BCUT2D eigenvalue weighted by Crippen LogP contribution is 2.23. The van der Waals surface area contributed by atoms with E-state index < -0.39 is 0 Å². The lowest BCUT2D eigenvalue weighted by Crippen LogP contribution is -2.29. The highest BCUT2D eigenvalue weighted by atomic mass is 79.9. The normalized spacial score (nSPS) is 10.4. The third-order valence-electron chi connectivity index (χ3n) is 3.42. The maximum Gasteiger partial charge on any atom is 0.253 e. The van der Waals surface area contributed by atoms with Gasteiger partial charge in [-0.25, -0.2) is 0 Å². The number of rotatable bonds is 4. The van der Waals surface area contributed by atoms with Crippen molar-refractivity contribution >= 4 is 27.5 Å². The van der Waals surface area contributed by atoms with E-state index in [1.807, 2.05) is 31.2 Å². The van der Waals surface area contributed by atoms with Crippen LogP contribution in [-0.2, 0) is 6.42 Å². The molecule has 0 atom stereocenters. The third kappa shape index (κ3) is 3.82. The lowest BCUT2D eigenvalue weighted by molar-refractivity contribution is 0.0795. The fourth-order valence-electron chi connectivity index (χ4n) is 2.06. The predicted molar refractivity (Wildman–Crippen MR) is 88.2 cm³/mol. The van der Waals surface area contributed by atoms with Gasteiger partial charge in [0.05, 0.1) is 0 Å². The summed E-state index contributed by atoms with van der Waals surface area (Å²) in [6.45, 7) is 2.48. The van der Waals surface area contributed by atoms with Crippen LogP contribution in [0.15, 0.2) is 41.0 Å². The molecule has 1 amide bonds. The number of anilines is 1. The zero-order valence-corrected chi connectivity index (χ0v) is 13.7. The van der Waals surface area contributed by atoms with Gasteiger partial charge in [-0.3, -0.25) is 9.78 Å². The van der Waals surface area contributed by atoms with E-state index in [2.05, 4.69) is 20.9 Å². The quantitative estimate of drug-likeness (QED) is 0.864. The number of carbonyl (C=O) groups is 1. The van der Waals surface area contributed by atoms with Gasteiger partial charge in [0.2, 0.25) is 0 Å². The zero-order valence-electron chi connectivity index (χ0n) is 12.1. The molecule has 1 heterocycles. The van der Waals surface area contributed by atoms with E-state index in [0.717, 1.165) is 22.2 Å². The van der Waals surface area contributed by atoms with Crippen LogP contribution < -0.4 is 5.73 Å². The van der Waals surface area contributed by atoms with Gasteiger partial charge in [-0.1, -0.05) is 22.0 Å². The van der Waals surface area contributed by atoms with Crippen molar-refractivity contribution in [2.24, 2.45) is 0 Å². The Hall–Kier alpha value is -1.88. The fraction of sp³-hybridized carbons (Fsp3) is 0.250. The molecule has 0 aliphatic heterocycles. The molecule has 5 heteroatoms. The molecule has 2 rings (SSSR count). The molecule has 0 radical (unpaired) electrons. The van der Waals surface area contributed by atoms with Gasteiger partial charge in [0, 0.05) is 47.6 Å². The molecule has 0 saturated heterocycles. The van der Waals surface area contributed by atoms with Crippen molar-refractivity contribution < 1.29 is 4.79 Å². The molecule has 0 saturated carbocycles. The summed E-state index contributed by atoms with van der Waals surface area (Å²) >= 11 is 3.38. The summed E-state index contributed by atoms with van der Waals surface area (Å²) in [4.78, 5) is 18.5. The van der Waals surface area contributed by atoms with Crippen LogP contribution in [-0.4, -0.2) is 29.4 Å². The van der Waals surface area contributed by atoms with Gasteiger partial charge in [0.25, 0.3) is 5.91 Å². The molecule has 2 N–H and O–H groups in total. The van der Waals surface area contributed by atoms with E-state index in [4.69, 9.17) is 5.73 Å². The summed E-state index contributed by atoms with van der Waals surface area (Å²) < 4.78 is 0.812. The van der Waals surface area contributed by atoms with E-state index in [1.165, 1.54) is 0 Å². The molecule has 1 aromatic carbocycles. The van der Waals surface area contributed by atoms with Crippen LogP contribution in [0.3, 0.4) is 0 Å². The number of benzene rings is 1. The van der Waals surface area contributed by atoms with Crippen molar-refractivity contribution in [2.75, 3.05) is 19.3 Å². The van der Waals surface area contributed by atoms with Crippen LogP contribution >= 0.6 is 15.9 Å². The minimum Gasteiger partial charge on any atom is -0.398 e. The van der Waals surface area contributed by atoms with Crippen molar-refractivity contribution in [1.82, 2.24) is 9.88 Å².